The van der Waals surface area contributed by atoms with E-state index in [1.807, 2.05) is 0 Å². The highest BCUT2D eigenvalue weighted by atomic mass is 35.5. The molecule has 2 rings (SSSR count). The fourth-order valence-corrected chi connectivity index (χ4v) is 1.61. The third-order valence-electron chi connectivity index (χ3n) is 2.43. The van der Waals surface area contributed by atoms with E-state index in [1.54, 1.807) is 7.05 Å². The van der Waals surface area contributed by atoms with Crippen molar-refractivity contribution in [3.05, 3.63) is 46.6 Å². The van der Waals surface area contributed by atoms with Crippen molar-refractivity contribution in [1.82, 2.24) is 9.97 Å². The van der Waals surface area contributed by atoms with Crippen LogP contribution in [0.2, 0.25) is 5.02 Å². The van der Waals surface area contributed by atoms with Crippen LogP contribution in [0.5, 0.6) is 0 Å². The summed E-state index contributed by atoms with van der Waals surface area (Å²) in [6.45, 7) is 0.145. The van der Waals surface area contributed by atoms with E-state index in [0.717, 1.165) is 6.07 Å². The number of halogens is 3. The molecule has 0 fully saturated rings. The predicted octanol–water partition coefficient (Wildman–Crippen LogP) is 3.06. The lowest BCUT2D eigenvalue weighted by Crippen LogP contribution is -2.06. The van der Waals surface area contributed by atoms with Crippen molar-refractivity contribution >= 4 is 23.4 Å². The summed E-state index contributed by atoms with van der Waals surface area (Å²) in [7, 11) is 1.67. The molecule has 4 nitrogen and oxygen atoms in total. The van der Waals surface area contributed by atoms with E-state index in [-0.39, 0.29) is 6.54 Å². The van der Waals surface area contributed by atoms with Gasteiger partial charge in [-0.15, -0.1) is 0 Å². The highest BCUT2D eigenvalue weighted by Crippen LogP contribution is 2.20. The second-order valence-corrected chi connectivity index (χ2v) is 4.14. The number of anilines is 2. The molecular formula is C12H11ClF2N4. The summed E-state index contributed by atoms with van der Waals surface area (Å²) < 4.78 is 26.2. The lowest BCUT2D eigenvalue weighted by atomic mass is 10.2. The zero-order chi connectivity index (χ0) is 13.8. The van der Waals surface area contributed by atoms with Gasteiger partial charge in [0.15, 0.2) is 5.82 Å². The van der Waals surface area contributed by atoms with Gasteiger partial charge in [-0.05, 0) is 6.07 Å². The van der Waals surface area contributed by atoms with Crippen LogP contribution in [0.3, 0.4) is 0 Å². The Kier molecular flexibility index (Phi) is 4.11. The van der Waals surface area contributed by atoms with E-state index in [9.17, 15) is 8.78 Å². The molecule has 0 amide bonds. The van der Waals surface area contributed by atoms with Crippen molar-refractivity contribution in [2.45, 2.75) is 6.54 Å². The molecule has 0 unspecified atom stereocenters. The van der Waals surface area contributed by atoms with Gasteiger partial charge in [0.2, 0.25) is 5.95 Å². The number of nitrogens with one attached hydrogen (secondary N) is 2. The Morgan fingerprint density at radius 2 is 2.11 bits per heavy atom. The Hall–Kier alpha value is -1.95. The van der Waals surface area contributed by atoms with Gasteiger partial charge in [0.25, 0.3) is 0 Å². The van der Waals surface area contributed by atoms with E-state index in [1.165, 1.54) is 18.3 Å². The van der Waals surface area contributed by atoms with Gasteiger partial charge in [-0.25, -0.2) is 13.8 Å². The van der Waals surface area contributed by atoms with E-state index in [2.05, 4.69) is 20.6 Å². The molecule has 0 aliphatic carbocycles. The first-order valence-electron chi connectivity index (χ1n) is 5.48. The molecule has 0 bridgehead atoms. The number of hydrogen-bond donors (Lipinski definition) is 2. The lowest BCUT2D eigenvalue weighted by molar-refractivity contribution is 0.574. The maximum Gasteiger partial charge on any atom is 0.224 e. The molecule has 19 heavy (non-hydrogen) atoms. The van der Waals surface area contributed by atoms with Gasteiger partial charge in [-0.2, -0.15) is 4.98 Å². The molecule has 7 heteroatoms. The normalized spacial score (nSPS) is 10.3. The van der Waals surface area contributed by atoms with Gasteiger partial charge in [0, 0.05) is 25.2 Å². The van der Waals surface area contributed by atoms with Crippen LogP contribution in [0.25, 0.3) is 0 Å². The first kappa shape index (κ1) is 13.5. The van der Waals surface area contributed by atoms with E-state index in [0.29, 0.717) is 22.4 Å². The molecule has 0 saturated carbocycles. The summed E-state index contributed by atoms with van der Waals surface area (Å²) in [6, 6.07) is 3.39. The molecule has 0 spiro atoms. The minimum atomic E-state index is -0.619. The Balaban J connectivity index is 2.14. The van der Waals surface area contributed by atoms with Crippen LogP contribution in [-0.2, 0) is 6.54 Å². The van der Waals surface area contributed by atoms with Crippen LogP contribution >= 0.6 is 11.6 Å². The zero-order valence-corrected chi connectivity index (χ0v) is 10.8. The minimum Gasteiger partial charge on any atom is -0.364 e. The molecular weight excluding hydrogens is 274 g/mol. The topological polar surface area (TPSA) is 49.8 Å². The highest BCUT2D eigenvalue weighted by Gasteiger charge is 2.07. The first-order valence-corrected chi connectivity index (χ1v) is 5.86. The highest BCUT2D eigenvalue weighted by molar-refractivity contribution is 6.32. The molecule has 1 aromatic carbocycles. The quantitative estimate of drug-likeness (QED) is 0.906. The summed E-state index contributed by atoms with van der Waals surface area (Å²) in [5.41, 5.74) is 0.321. The molecule has 1 heterocycles. The third kappa shape index (κ3) is 3.29. The summed E-state index contributed by atoms with van der Waals surface area (Å²) in [5.74, 6) is -0.457. The van der Waals surface area contributed by atoms with Gasteiger partial charge < -0.3 is 10.6 Å². The fourth-order valence-electron chi connectivity index (χ4n) is 1.46. The van der Waals surface area contributed by atoms with Crippen LogP contribution in [0.1, 0.15) is 5.56 Å². The Morgan fingerprint density at radius 3 is 2.79 bits per heavy atom. The standard InChI is InChI=1S/C12H11ClF2N4/c1-16-12-18-6-9(13)11(19-12)17-5-7-2-3-8(14)4-10(7)15/h2-4,6H,5H2,1H3,(H2,16,17,18,19). The number of aromatic nitrogens is 2. The second kappa shape index (κ2) is 5.79. The number of hydrogen-bond acceptors (Lipinski definition) is 4. The largest absolute Gasteiger partial charge is 0.364 e. The van der Waals surface area contributed by atoms with Gasteiger partial charge >= 0.3 is 0 Å². The van der Waals surface area contributed by atoms with Crippen LogP contribution in [0.4, 0.5) is 20.5 Å². The molecule has 0 saturated heterocycles. The molecule has 0 aliphatic rings. The van der Waals surface area contributed by atoms with Gasteiger partial charge in [-0.3, -0.25) is 0 Å². The predicted molar refractivity (Wildman–Crippen MR) is 70.3 cm³/mol. The Morgan fingerprint density at radius 1 is 1.32 bits per heavy atom. The van der Waals surface area contributed by atoms with Crippen molar-refractivity contribution in [2.24, 2.45) is 0 Å². The molecule has 2 aromatic rings. The summed E-state index contributed by atoms with van der Waals surface area (Å²) in [5, 5.41) is 5.97. The van der Waals surface area contributed by atoms with Crippen molar-refractivity contribution < 1.29 is 8.78 Å². The fraction of sp³-hybridized carbons (Fsp3) is 0.167. The molecule has 100 valence electrons. The zero-order valence-electron chi connectivity index (χ0n) is 10.0. The second-order valence-electron chi connectivity index (χ2n) is 3.73. The minimum absolute atomic E-state index is 0.145. The summed E-state index contributed by atoms with van der Waals surface area (Å²) in [4.78, 5) is 8.01. The average molecular weight is 285 g/mol. The number of benzene rings is 1. The van der Waals surface area contributed by atoms with Gasteiger partial charge in [0.1, 0.15) is 16.7 Å². The van der Waals surface area contributed by atoms with Crippen LogP contribution in [0.15, 0.2) is 24.4 Å². The monoisotopic (exact) mass is 284 g/mol. The maximum atomic E-state index is 13.4. The molecule has 0 atom stereocenters. The lowest BCUT2D eigenvalue weighted by Gasteiger charge is -2.09. The van der Waals surface area contributed by atoms with Crippen LogP contribution in [-0.4, -0.2) is 17.0 Å². The van der Waals surface area contributed by atoms with Crippen molar-refractivity contribution in [3.8, 4) is 0 Å². The van der Waals surface area contributed by atoms with Crippen molar-refractivity contribution in [3.63, 3.8) is 0 Å². The summed E-state index contributed by atoms with van der Waals surface area (Å²) in [6.07, 6.45) is 1.43. The Bertz CT molecular complexity index is 592. The number of rotatable bonds is 4. The smallest absolute Gasteiger partial charge is 0.224 e. The maximum absolute atomic E-state index is 13.4. The molecule has 0 radical (unpaired) electrons. The third-order valence-corrected chi connectivity index (χ3v) is 2.71. The van der Waals surface area contributed by atoms with Crippen molar-refractivity contribution in [2.75, 3.05) is 17.7 Å². The van der Waals surface area contributed by atoms with Crippen molar-refractivity contribution in [1.29, 1.82) is 0 Å². The molecule has 2 N–H and O–H groups in total. The molecule has 0 aliphatic heterocycles. The number of nitrogens with zero attached hydrogens (tertiary/aromatic N) is 2. The summed E-state index contributed by atoms with van der Waals surface area (Å²) >= 11 is 5.92. The molecule has 1 aromatic heterocycles. The average Bonchev–Trinajstić information content (AvgIpc) is 2.39. The first-order chi connectivity index (χ1) is 9.10. The van der Waals surface area contributed by atoms with E-state index in [4.69, 9.17) is 11.6 Å². The Labute approximate surface area is 113 Å². The van der Waals surface area contributed by atoms with Crippen LogP contribution in [0, 0.1) is 11.6 Å². The van der Waals surface area contributed by atoms with E-state index < -0.39 is 11.6 Å². The van der Waals surface area contributed by atoms with E-state index >= 15 is 0 Å². The van der Waals surface area contributed by atoms with Gasteiger partial charge in [-0.1, -0.05) is 17.7 Å². The van der Waals surface area contributed by atoms with Gasteiger partial charge in [0.05, 0.1) is 6.20 Å². The van der Waals surface area contributed by atoms with Crippen LogP contribution < -0.4 is 10.6 Å². The SMILES string of the molecule is CNc1ncc(Cl)c(NCc2ccc(F)cc2F)n1.